The minimum Gasteiger partial charge on any atom is -0.286 e. The lowest BCUT2D eigenvalue weighted by Gasteiger charge is -2.19. The Morgan fingerprint density at radius 3 is 0.957 bits per heavy atom. The Hall–Kier alpha value is -1.72. The van der Waals surface area contributed by atoms with Crippen LogP contribution in [0.5, 0.6) is 0 Å². The molecule has 4 amide bonds. The van der Waals surface area contributed by atoms with E-state index in [0.29, 0.717) is 25.7 Å². The van der Waals surface area contributed by atoms with Crippen LogP contribution in [0.1, 0.15) is 74.7 Å². The van der Waals surface area contributed by atoms with E-state index in [2.05, 4.69) is 0 Å². The quantitative estimate of drug-likeness (QED) is 0.638. The Balaban J connectivity index is -0.000000121. The molecule has 0 bridgehead atoms. The summed E-state index contributed by atoms with van der Waals surface area (Å²) in [5.41, 5.74) is 0. The van der Waals surface area contributed by atoms with Crippen molar-refractivity contribution in [3.8, 4) is 0 Å². The Kier molecular flexibility index (Phi) is 21.2. The lowest BCUT2D eigenvalue weighted by Crippen LogP contribution is -2.36. The van der Waals surface area contributed by atoms with Gasteiger partial charge in [0.1, 0.15) is 0 Å². The van der Waals surface area contributed by atoms with E-state index in [1.807, 2.05) is 27.7 Å². The van der Waals surface area contributed by atoms with Gasteiger partial charge in [0, 0.05) is 39.8 Å². The molecule has 0 aromatic heterocycles. The second-order valence-corrected chi connectivity index (χ2v) is 4.05. The molecule has 0 spiro atoms. The van der Waals surface area contributed by atoms with E-state index in [4.69, 9.17) is 0 Å². The Morgan fingerprint density at radius 1 is 0.565 bits per heavy atom. The minimum absolute atomic E-state index is 0. The zero-order valence-electron chi connectivity index (χ0n) is 14.1. The van der Waals surface area contributed by atoms with Gasteiger partial charge in [-0.2, -0.15) is 0 Å². The summed E-state index contributed by atoms with van der Waals surface area (Å²) in [6.45, 7) is 8.00. The smallest absolute Gasteiger partial charge is 0.229 e. The van der Waals surface area contributed by atoms with Crippen LogP contribution in [0.4, 0.5) is 0 Å². The number of carbonyl (C=O) groups excluding carboxylic acids is 4. The fourth-order valence-corrected chi connectivity index (χ4v) is 1.55. The van der Waals surface area contributed by atoms with Crippen LogP contribution >= 0.6 is 0 Å². The first kappa shape index (κ1) is 29.3. The predicted octanol–water partition coefficient (Wildman–Crippen LogP) is 3.25. The normalized spacial score (nSPS) is 15.7. The Morgan fingerprint density at radius 2 is 0.783 bits per heavy atom. The van der Waals surface area contributed by atoms with Crippen LogP contribution < -0.4 is 0 Å². The first-order chi connectivity index (χ1) is 9.93. The van der Waals surface area contributed by atoms with Crippen molar-refractivity contribution in [2.45, 2.75) is 74.7 Å². The van der Waals surface area contributed by atoms with Crippen LogP contribution in [0.3, 0.4) is 0 Å². The third-order valence-corrected chi connectivity index (χ3v) is 2.83. The molecule has 0 unspecified atom stereocenters. The maximum Gasteiger partial charge on any atom is 0.229 e. The molecule has 0 aliphatic carbocycles. The van der Waals surface area contributed by atoms with Crippen molar-refractivity contribution in [2.75, 3.05) is 14.1 Å². The predicted molar refractivity (Wildman–Crippen MR) is 94.8 cm³/mol. The number of likely N-dealkylation sites (tertiary alicyclic amines) is 2. The maximum atomic E-state index is 10.7. The zero-order valence-corrected chi connectivity index (χ0v) is 14.1. The summed E-state index contributed by atoms with van der Waals surface area (Å²) in [6, 6.07) is 0. The molecule has 138 valence electrons. The zero-order chi connectivity index (χ0) is 17.0. The fraction of sp³-hybridized carbons (Fsp3) is 0.765. The van der Waals surface area contributed by atoms with Gasteiger partial charge < -0.3 is 0 Å². The number of piperidine rings is 1. The van der Waals surface area contributed by atoms with E-state index in [-0.39, 0.29) is 38.5 Å². The van der Waals surface area contributed by atoms with Crippen LogP contribution in [0.25, 0.3) is 0 Å². The van der Waals surface area contributed by atoms with Gasteiger partial charge in [0.15, 0.2) is 0 Å². The first-order valence-corrected chi connectivity index (χ1v) is 7.52. The van der Waals surface area contributed by atoms with Crippen molar-refractivity contribution in [1.29, 1.82) is 0 Å². The highest BCUT2D eigenvalue weighted by Gasteiger charge is 2.24. The van der Waals surface area contributed by atoms with Crippen molar-refractivity contribution in [3.05, 3.63) is 0 Å². The maximum absolute atomic E-state index is 10.7. The molecule has 0 aromatic carbocycles. The molecular weight excluding hydrogens is 296 g/mol. The summed E-state index contributed by atoms with van der Waals surface area (Å²) in [5, 5.41) is 0. The molecule has 2 heterocycles. The average molecular weight is 332 g/mol. The van der Waals surface area contributed by atoms with Gasteiger partial charge in [0.05, 0.1) is 0 Å². The Labute approximate surface area is 142 Å². The number of hydrogen-bond donors (Lipinski definition) is 0. The topological polar surface area (TPSA) is 74.8 Å². The van der Waals surface area contributed by atoms with Gasteiger partial charge in [-0.05, 0) is 6.42 Å². The van der Waals surface area contributed by atoms with Gasteiger partial charge in [-0.1, -0.05) is 42.5 Å². The molecule has 0 aromatic rings. The molecule has 0 saturated carbocycles. The molecular formula is C17H36N2O4. The second-order valence-electron chi connectivity index (χ2n) is 4.05. The number of nitrogens with zero attached hydrogens (tertiary/aromatic N) is 2. The summed E-state index contributed by atoms with van der Waals surface area (Å²) < 4.78 is 0. The molecule has 6 heteroatoms. The monoisotopic (exact) mass is 332 g/mol. The van der Waals surface area contributed by atoms with E-state index in [1.165, 1.54) is 23.9 Å². The van der Waals surface area contributed by atoms with Crippen LogP contribution in [-0.4, -0.2) is 47.5 Å². The highest BCUT2D eigenvalue weighted by Crippen LogP contribution is 2.09. The van der Waals surface area contributed by atoms with E-state index >= 15 is 0 Å². The third kappa shape index (κ3) is 10.6. The van der Waals surface area contributed by atoms with E-state index in [1.54, 1.807) is 0 Å². The Bertz CT molecular complexity index is 336. The van der Waals surface area contributed by atoms with Crippen molar-refractivity contribution in [2.24, 2.45) is 0 Å². The van der Waals surface area contributed by atoms with Gasteiger partial charge in [-0.3, -0.25) is 29.0 Å². The molecule has 2 rings (SSSR count). The van der Waals surface area contributed by atoms with Crippen molar-refractivity contribution >= 4 is 23.6 Å². The van der Waals surface area contributed by atoms with Crippen molar-refractivity contribution < 1.29 is 19.2 Å². The summed E-state index contributed by atoms with van der Waals surface area (Å²) in [7, 11) is 3.04. The van der Waals surface area contributed by atoms with E-state index < -0.39 is 0 Å². The number of rotatable bonds is 0. The summed E-state index contributed by atoms with van der Waals surface area (Å²) in [5.74, 6) is -0.220. The largest absolute Gasteiger partial charge is 0.286 e. The van der Waals surface area contributed by atoms with Crippen LogP contribution in [-0.2, 0) is 19.2 Å². The molecule has 2 aliphatic heterocycles. The molecule has 0 N–H and O–H groups in total. The first-order valence-electron chi connectivity index (χ1n) is 7.52. The van der Waals surface area contributed by atoms with Crippen LogP contribution in [0.2, 0.25) is 0 Å². The summed E-state index contributed by atoms with van der Waals surface area (Å²) in [4.78, 5) is 44.8. The lowest BCUT2D eigenvalue weighted by atomic mass is 10.1. The SMILES string of the molecule is C.C.CC.CC.CN1C(=O)CCC1=O.CN1C(=O)CCCC1=O. The van der Waals surface area contributed by atoms with Crippen LogP contribution in [0, 0.1) is 0 Å². The highest BCUT2D eigenvalue weighted by atomic mass is 16.2. The van der Waals surface area contributed by atoms with Gasteiger partial charge in [0.2, 0.25) is 23.6 Å². The molecule has 2 saturated heterocycles. The lowest BCUT2D eigenvalue weighted by molar-refractivity contribution is -0.146. The third-order valence-electron chi connectivity index (χ3n) is 2.83. The summed E-state index contributed by atoms with van der Waals surface area (Å²) >= 11 is 0. The fourth-order valence-electron chi connectivity index (χ4n) is 1.55. The van der Waals surface area contributed by atoms with E-state index in [9.17, 15) is 19.2 Å². The minimum atomic E-state index is -0.0602. The van der Waals surface area contributed by atoms with Gasteiger partial charge >= 0.3 is 0 Å². The van der Waals surface area contributed by atoms with Crippen molar-refractivity contribution in [1.82, 2.24) is 9.80 Å². The molecule has 6 nitrogen and oxygen atoms in total. The highest BCUT2D eigenvalue weighted by molar-refractivity contribution is 6.01. The molecule has 2 fully saturated rings. The van der Waals surface area contributed by atoms with Crippen LogP contribution in [0.15, 0.2) is 0 Å². The average Bonchev–Trinajstić information content (AvgIpc) is 2.81. The molecule has 0 atom stereocenters. The second kappa shape index (κ2) is 16.6. The number of carbonyl (C=O) groups is 4. The number of amides is 4. The molecule has 23 heavy (non-hydrogen) atoms. The molecule has 0 radical (unpaired) electrons. The standard InChI is InChI=1S/C6H9NO2.C5H7NO2.2C2H6.2CH4/c1-7-5(8)3-2-4-6(7)9;1-6-4(7)2-3-5(6)8;2*1-2;;/h2-4H2,1H3;2-3H2,1H3;2*1-2H3;2*1H4. The van der Waals surface area contributed by atoms with Gasteiger partial charge in [0.25, 0.3) is 0 Å². The van der Waals surface area contributed by atoms with Gasteiger partial charge in [-0.15, -0.1) is 0 Å². The van der Waals surface area contributed by atoms with Gasteiger partial charge in [-0.25, -0.2) is 0 Å². The van der Waals surface area contributed by atoms with E-state index in [0.717, 1.165) is 6.42 Å². The summed E-state index contributed by atoms with van der Waals surface area (Å²) in [6.07, 6.45) is 2.58. The van der Waals surface area contributed by atoms with Crippen molar-refractivity contribution in [3.63, 3.8) is 0 Å². The molecule has 2 aliphatic rings. The number of hydrogen-bond acceptors (Lipinski definition) is 4. The number of imide groups is 2.